The Bertz CT molecular complexity index is 495. The lowest BCUT2D eigenvalue weighted by Gasteiger charge is -2.20. The molecule has 0 radical (unpaired) electrons. The molecule has 1 aliphatic rings. The molecule has 3 nitrogen and oxygen atoms in total. The summed E-state index contributed by atoms with van der Waals surface area (Å²) in [7, 11) is 0. The zero-order valence-corrected chi connectivity index (χ0v) is 12.3. The summed E-state index contributed by atoms with van der Waals surface area (Å²) in [6.07, 6.45) is 2.64. The molecule has 1 aromatic carbocycles. The third kappa shape index (κ3) is 3.30. The lowest BCUT2D eigenvalue weighted by molar-refractivity contribution is 0.456. The third-order valence-electron chi connectivity index (χ3n) is 3.62. The highest BCUT2D eigenvalue weighted by atomic mass is 32.2. The molecule has 1 aromatic rings. The second-order valence-electron chi connectivity index (χ2n) is 4.79. The summed E-state index contributed by atoms with van der Waals surface area (Å²) in [5.41, 5.74) is 2.20. The van der Waals surface area contributed by atoms with Gasteiger partial charge in [-0.25, -0.2) is 0 Å². The van der Waals surface area contributed by atoms with Gasteiger partial charge in [0.25, 0.3) is 0 Å². The zero-order valence-electron chi connectivity index (χ0n) is 11.4. The SMILES string of the molecule is CCC1(CC)CSC(Nc2ccc(CC#N)cc2)=N1. The van der Waals surface area contributed by atoms with Crippen LogP contribution in [0, 0.1) is 11.3 Å². The molecule has 1 heterocycles. The second-order valence-corrected chi connectivity index (χ2v) is 5.76. The van der Waals surface area contributed by atoms with E-state index < -0.39 is 0 Å². The van der Waals surface area contributed by atoms with Crippen LogP contribution in [0.2, 0.25) is 0 Å². The molecule has 100 valence electrons. The van der Waals surface area contributed by atoms with Crippen LogP contribution >= 0.6 is 11.8 Å². The molecule has 0 amide bonds. The van der Waals surface area contributed by atoms with Gasteiger partial charge in [0.05, 0.1) is 18.0 Å². The van der Waals surface area contributed by atoms with Gasteiger partial charge in [0.1, 0.15) is 0 Å². The predicted molar refractivity (Wildman–Crippen MR) is 82.6 cm³/mol. The quantitative estimate of drug-likeness (QED) is 0.907. The standard InChI is InChI=1S/C15H19N3S/c1-3-15(4-2)11-19-14(18-15)17-13-7-5-12(6-8-13)9-10-16/h5-8H,3-4,9,11H2,1-2H3,(H,17,18). The van der Waals surface area contributed by atoms with Crippen molar-refractivity contribution in [2.45, 2.75) is 38.6 Å². The average molecular weight is 273 g/mol. The number of aliphatic imine (C=N–C) groups is 1. The summed E-state index contributed by atoms with van der Waals surface area (Å²) in [4.78, 5) is 4.83. The molecule has 1 N–H and O–H groups in total. The highest BCUT2D eigenvalue weighted by Crippen LogP contribution is 2.33. The number of nitriles is 1. The van der Waals surface area contributed by atoms with Gasteiger partial charge in [-0.2, -0.15) is 5.26 Å². The van der Waals surface area contributed by atoms with Gasteiger partial charge >= 0.3 is 0 Å². The first-order valence-corrected chi connectivity index (χ1v) is 7.65. The van der Waals surface area contributed by atoms with Gasteiger partial charge in [-0.1, -0.05) is 37.7 Å². The van der Waals surface area contributed by atoms with Crippen LogP contribution in [0.15, 0.2) is 29.3 Å². The number of thioether (sulfide) groups is 1. The van der Waals surface area contributed by atoms with Gasteiger partial charge in [-0.15, -0.1) is 0 Å². The van der Waals surface area contributed by atoms with Crippen LogP contribution in [-0.2, 0) is 6.42 Å². The van der Waals surface area contributed by atoms with Crippen molar-refractivity contribution in [2.24, 2.45) is 4.99 Å². The Kier molecular flexibility index (Phi) is 4.49. The Morgan fingerprint density at radius 2 is 2.00 bits per heavy atom. The molecule has 0 saturated heterocycles. The van der Waals surface area contributed by atoms with E-state index in [0.29, 0.717) is 6.42 Å². The van der Waals surface area contributed by atoms with Gasteiger partial charge in [-0.3, -0.25) is 4.99 Å². The lowest BCUT2D eigenvalue weighted by Crippen LogP contribution is -2.24. The minimum Gasteiger partial charge on any atom is -0.335 e. The summed E-state index contributed by atoms with van der Waals surface area (Å²) in [5, 5.41) is 13.0. The number of rotatable bonds is 4. The van der Waals surface area contributed by atoms with E-state index in [4.69, 9.17) is 10.3 Å². The Labute approximate surface area is 119 Å². The molecular formula is C15H19N3S. The number of anilines is 1. The van der Waals surface area contributed by atoms with Crippen molar-refractivity contribution in [2.75, 3.05) is 11.1 Å². The van der Waals surface area contributed by atoms with E-state index in [1.807, 2.05) is 24.3 Å². The van der Waals surface area contributed by atoms with Crippen molar-refractivity contribution in [1.29, 1.82) is 5.26 Å². The number of amidine groups is 1. The molecule has 0 aromatic heterocycles. The largest absolute Gasteiger partial charge is 0.335 e. The van der Waals surface area contributed by atoms with E-state index in [1.165, 1.54) is 0 Å². The second kappa shape index (κ2) is 6.12. The van der Waals surface area contributed by atoms with Gasteiger partial charge in [0, 0.05) is 11.4 Å². The normalized spacial score (nSPS) is 16.8. The van der Waals surface area contributed by atoms with Crippen LogP contribution in [0.1, 0.15) is 32.3 Å². The molecule has 0 spiro atoms. The molecular weight excluding hydrogens is 254 g/mol. The Hall–Kier alpha value is -1.47. The smallest absolute Gasteiger partial charge is 0.161 e. The Morgan fingerprint density at radius 3 is 2.53 bits per heavy atom. The molecule has 19 heavy (non-hydrogen) atoms. The summed E-state index contributed by atoms with van der Waals surface area (Å²) in [6, 6.07) is 10.1. The van der Waals surface area contributed by atoms with Crippen LogP contribution in [0.25, 0.3) is 0 Å². The molecule has 4 heteroatoms. The number of hydrogen-bond acceptors (Lipinski definition) is 4. The van der Waals surface area contributed by atoms with E-state index >= 15 is 0 Å². The van der Waals surface area contributed by atoms with Crippen molar-refractivity contribution < 1.29 is 0 Å². The zero-order chi connectivity index (χ0) is 13.7. The van der Waals surface area contributed by atoms with Gasteiger partial charge in [0.15, 0.2) is 5.17 Å². The Morgan fingerprint density at radius 1 is 1.32 bits per heavy atom. The van der Waals surface area contributed by atoms with Crippen LogP contribution in [0.5, 0.6) is 0 Å². The fourth-order valence-electron chi connectivity index (χ4n) is 2.08. The van der Waals surface area contributed by atoms with Crippen molar-refractivity contribution in [3.63, 3.8) is 0 Å². The lowest BCUT2D eigenvalue weighted by atomic mass is 9.97. The Balaban J connectivity index is 2.04. The van der Waals surface area contributed by atoms with E-state index in [9.17, 15) is 0 Å². The molecule has 0 bridgehead atoms. The molecule has 1 aliphatic heterocycles. The molecule has 2 rings (SSSR count). The van der Waals surface area contributed by atoms with E-state index in [2.05, 4.69) is 25.2 Å². The average Bonchev–Trinajstić information content (AvgIpc) is 2.85. The van der Waals surface area contributed by atoms with Crippen LogP contribution in [-0.4, -0.2) is 16.5 Å². The van der Waals surface area contributed by atoms with Crippen molar-refractivity contribution >= 4 is 22.6 Å². The van der Waals surface area contributed by atoms with Gasteiger partial charge in [0.2, 0.25) is 0 Å². The first-order valence-electron chi connectivity index (χ1n) is 6.67. The highest BCUT2D eigenvalue weighted by Gasteiger charge is 2.31. The first-order chi connectivity index (χ1) is 9.21. The topological polar surface area (TPSA) is 48.2 Å². The summed E-state index contributed by atoms with van der Waals surface area (Å²) < 4.78 is 0. The van der Waals surface area contributed by atoms with Crippen LogP contribution in [0.4, 0.5) is 5.69 Å². The molecule has 0 aliphatic carbocycles. The van der Waals surface area contributed by atoms with Crippen molar-refractivity contribution in [3.05, 3.63) is 29.8 Å². The summed E-state index contributed by atoms with van der Waals surface area (Å²) >= 11 is 1.79. The molecule has 0 fully saturated rings. The van der Waals surface area contributed by atoms with Crippen molar-refractivity contribution in [3.8, 4) is 6.07 Å². The van der Waals surface area contributed by atoms with Gasteiger partial charge in [-0.05, 0) is 30.5 Å². The minimum atomic E-state index is 0.119. The van der Waals surface area contributed by atoms with Crippen LogP contribution < -0.4 is 5.32 Å². The predicted octanol–water partition coefficient (Wildman–Crippen LogP) is 3.83. The van der Waals surface area contributed by atoms with Crippen LogP contribution in [0.3, 0.4) is 0 Å². The third-order valence-corrected chi connectivity index (χ3v) is 4.77. The number of nitrogens with one attached hydrogen (secondary N) is 1. The van der Waals surface area contributed by atoms with E-state index in [0.717, 1.165) is 35.0 Å². The maximum atomic E-state index is 8.64. The molecule has 0 atom stereocenters. The van der Waals surface area contributed by atoms with Gasteiger partial charge < -0.3 is 5.32 Å². The maximum Gasteiger partial charge on any atom is 0.161 e. The monoisotopic (exact) mass is 273 g/mol. The highest BCUT2D eigenvalue weighted by molar-refractivity contribution is 8.14. The number of nitrogens with zero attached hydrogens (tertiary/aromatic N) is 2. The number of benzene rings is 1. The fourth-order valence-corrected chi connectivity index (χ4v) is 3.41. The molecule has 0 saturated carbocycles. The fraction of sp³-hybridized carbons (Fsp3) is 0.467. The summed E-state index contributed by atoms with van der Waals surface area (Å²) in [6.45, 7) is 4.40. The summed E-state index contributed by atoms with van der Waals surface area (Å²) in [5.74, 6) is 1.06. The minimum absolute atomic E-state index is 0.119. The maximum absolute atomic E-state index is 8.64. The van der Waals surface area contributed by atoms with E-state index in [-0.39, 0.29) is 5.54 Å². The van der Waals surface area contributed by atoms with Crippen molar-refractivity contribution in [1.82, 2.24) is 0 Å². The number of hydrogen-bond donors (Lipinski definition) is 1. The van der Waals surface area contributed by atoms with E-state index in [1.54, 1.807) is 11.8 Å². The first kappa shape index (κ1) is 14.0. The molecule has 0 unspecified atom stereocenters.